The summed E-state index contributed by atoms with van der Waals surface area (Å²) in [6.07, 6.45) is 8.67. The first-order valence-corrected chi connectivity index (χ1v) is 12.2. The average Bonchev–Trinajstić information content (AvgIpc) is 3.40. The molecular weight excluding hydrogens is 344 g/mol. The van der Waals surface area contributed by atoms with E-state index in [0.29, 0.717) is 47.3 Å². The predicted octanol–water partition coefficient (Wildman–Crippen LogP) is 2.82. The third-order valence-corrected chi connectivity index (χ3v) is 13.5. The van der Waals surface area contributed by atoms with Crippen LogP contribution in [-0.4, -0.2) is 34.8 Å². The molecule has 0 aromatic heterocycles. The molecule has 0 spiro atoms. The van der Waals surface area contributed by atoms with E-state index in [9.17, 15) is 9.90 Å². The molecule has 0 aromatic carbocycles. The summed E-state index contributed by atoms with van der Waals surface area (Å²) in [6, 6.07) is 0. The topological polar surface area (TPSA) is 46.5 Å². The van der Waals surface area contributed by atoms with E-state index < -0.39 is 11.0 Å². The lowest BCUT2D eigenvalue weighted by Gasteiger charge is -2.63. The zero-order valence-electron chi connectivity index (χ0n) is 15.6. The summed E-state index contributed by atoms with van der Waals surface area (Å²) < 4.78 is 5.55. The molecular formula is C22H28O3S. The van der Waals surface area contributed by atoms with Crippen molar-refractivity contribution in [3.63, 3.8) is 0 Å². The number of thioether (sulfide) groups is 1. The maximum absolute atomic E-state index is 13.7. The number of carbonyl (C=O) groups is 1. The molecule has 3 nitrogen and oxygen atoms in total. The van der Waals surface area contributed by atoms with Crippen molar-refractivity contribution in [3.05, 3.63) is 0 Å². The first kappa shape index (κ1) is 14.7. The molecule has 9 aliphatic carbocycles. The SMILES string of the molecule is COC(=O)[C@@]12[C@@H]3[C@H]4CC[C@H]5[C@@H]4[C@@H]4[C@@H]3[C@@H]3[C@H]([C@H]6CCC[C@H]6[C@@H]31)[C@]4(SC)[C@@]52O. The van der Waals surface area contributed by atoms with Gasteiger partial charge in [-0.3, -0.25) is 4.79 Å². The highest BCUT2D eigenvalue weighted by molar-refractivity contribution is 8.00. The van der Waals surface area contributed by atoms with Crippen molar-refractivity contribution < 1.29 is 14.6 Å². The number of rotatable bonds is 2. The molecule has 0 unspecified atom stereocenters. The number of hydrogen-bond acceptors (Lipinski definition) is 4. The molecule has 0 amide bonds. The fourth-order valence-electron chi connectivity index (χ4n) is 12.8. The molecule has 9 saturated carbocycles. The smallest absolute Gasteiger partial charge is 0.315 e. The number of esters is 1. The highest BCUT2D eigenvalue weighted by Gasteiger charge is 3.02. The van der Waals surface area contributed by atoms with E-state index in [1.165, 1.54) is 25.7 Å². The van der Waals surface area contributed by atoms with Crippen molar-refractivity contribution in [2.24, 2.45) is 70.5 Å². The zero-order chi connectivity index (χ0) is 17.4. The van der Waals surface area contributed by atoms with Crippen LogP contribution in [0.15, 0.2) is 0 Å². The zero-order valence-corrected chi connectivity index (χ0v) is 16.4. The Kier molecular flexibility index (Phi) is 2.15. The molecule has 9 fully saturated rings. The van der Waals surface area contributed by atoms with Crippen molar-refractivity contribution in [1.82, 2.24) is 0 Å². The molecule has 0 heterocycles. The van der Waals surface area contributed by atoms with Gasteiger partial charge in [0.25, 0.3) is 0 Å². The van der Waals surface area contributed by atoms with Crippen molar-refractivity contribution in [3.8, 4) is 0 Å². The molecule has 0 radical (unpaired) electrons. The third kappa shape index (κ3) is 0.890. The van der Waals surface area contributed by atoms with E-state index in [2.05, 4.69) is 6.26 Å². The standard InChI is InChI=1S/C22H28O3S/c1-25-19(23)20-15-8-4-3-5-9(8)17-13(15)14-16(20)10-6-7-11-12(10)18(14)21(17,26-2)22(11,20)24/h8-18,24H,3-7H2,1-2H3/t8-,9+,10+,11+,12-,13+,14-,15+,16-,17+,18-,20+,21-,22-/m1/s1. The van der Waals surface area contributed by atoms with Gasteiger partial charge in [0.15, 0.2) is 0 Å². The molecule has 26 heavy (non-hydrogen) atoms. The predicted molar refractivity (Wildman–Crippen MR) is 97.1 cm³/mol. The van der Waals surface area contributed by atoms with Crippen LogP contribution < -0.4 is 0 Å². The normalized spacial score (nSPS) is 74.3. The summed E-state index contributed by atoms with van der Waals surface area (Å²) in [5.41, 5.74) is -1.35. The van der Waals surface area contributed by atoms with Gasteiger partial charge in [-0.1, -0.05) is 6.42 Å². The molecule has 9 rings (SSSR count). The maximum atomic E-state index is 13.7. The van der Waals surface area contributed by atoms with Crippen LogP contribution in [0.1, 0.15) is 32.1 Å². The molecule has 9 aliphatic rings. The van der Waals surface area contributed by atoms with Gasteiger partial charge in [0.2, 0.25) is 0 Å². The summed E-state index contributed by atoms with van der Waals surface area (Å²) in [7, 11) is 1.59. The lowest BCUT2D eigenvalue weighted by atomic mass is 9.46. The van der Waals surface area contributed by atoms with Crippen LogP contribution >= 0.6 is 11.8 Å². The van der Waals surface area contributed by atoms with Gasteiger partial charge in [0, 0.05) is 0 Å². The Balaban J connectivity index is 1.53. The number of aliphatic hydroxyl groups is 1. The van der Waals surface area contributed by atoms with Gasteiger partial charge in [0.05, 0.1) is 17.5 Å². The summed E-state index contributed by atoms with van der Waals surface area (Å²) in [5.74, 6) is 6.94. The van der Waals surface area contributed by atoms with Crippen molar-refractivity contribution in [2.45, 2.75) is 42.5 Å². The second-order valence-corrected chi connectivity index (χ2v) is 12.1. The molecule has 1 N–H and O–H groups in total. The number of carbonyl (C=O) groups excluding carboxylic acids is 1. The molecule has 0 saturated heterocycles. The van der Waals surface area contributed by atoms with Gasteiger partial charge in [-0.15, -0.1) is 0 Å². The van der Waals surface area contributed by atoms with Gasteiger partial charge in [-0.05, 0) is 97.0 Å². The Morgan fingerprint density at radius 2 is 1.65 bits per heavy atom. The van der Waals surface area contributed by atoms with E-state index in [1.54, 1.807) is 7.11 Å². The number of hydrogen-bond donors (Lipinski definition) is 1. The second kappa shape index (κ2) is 3.79. The van der Waals surface area contributed by atoms with Crippen molar-refractivity contribution in [2.75, 3.05) is 13.4 Å². The molecule has 0 aliphatic heterocycles. The monoisotopic (exact) mass is 372 g/mol. The van der Waals surface area contributed by atoms with Crippen LogP contribution in [-0.2, 0) is 9.53 Å². The van der Waals surface area contributed by atoms with Gasteiger partial charge < -0.3 is 9.84 Å². The van der Waals surface area contributed by atoms with Crippen molar-refractivity contribution in [1.29, 1.82) is 0 Å². The van der Waals surface area contributed by atoms with E-state index in [1.807, 2.05) is 11.8 Å². The fourth-order valence-corrected chi connectivity index (χ4v) is 14.6. The van der Waals surface area contributed by atoms with Gasteiger partial charge in [-0.25, -0.2) is 0 Å². The average molecular weight is 373 g/mol. The largest absolute Gasteiger partial charge is 0.468 e. The van der Waals surface area contributed by atoms with E-state index in [-0.39, 0.29) is 10.7 Å². The van der Waals surface area contributed by atoms with Crippen LogP contribution in [0.4, 0.5) is 0 Å². The Labute approximate surface area is 159 Å². The highest BCUT2D eigenvalue weighted by Crippen LogP contribution is 2.98. The van der Waals surface area contributed by atoms with Crippen LogP contribution in [0.5, 0.6) is 0 Å². The first-order valence-electron chi connectivity index (χ1n) is 11.0. The number of methoxy groups -OCH3 is 1. The Morgan fingerprint density at radius 3 is 2.38 bits per heavy atom. The first-order chi connectivity index (χ1) is 12.6. The second-order valence-electron chi connectivity index (χ2n) is 11.1. The highest BCUT2D eigenvalue weighted by atomic mass is 32.2. The van der Waals surface area contributed by atoms with Gasteiger partial charge >= 0.3 is 5.97 Å². The summed E-state index contributed by atoms with van der Waals surface area (Å²) >= 11 is 1.99. The quantitative estimate of drug-likeness (QED) is 0.757. The minimum atomic E-state index is -0.789. The minimum Gasteiger partial charge on any atom is -0.468 e. The lowest BCUT2D eigenvalue weighted by Crippen LogP contribution is -2.75. The van der Waals surface area contributed by atoms with E-state index in [4.69, 9.17) is 4.74 Å². The number of ether oxygens (including phenoxy) is 1. The molecule has 140 valence electrons. The van der Waals surface area contributed by atoms with Crippen molar-refractivity contribution >= 4 is 17.7 Å². The Bertz CT molecular complexity index is 783. The summed E-state index contributed by atoms with van der Waals surface area (Å²) in [6.45, 7) is 0. The Morgan fingerprint density at radius 1 is 0.962 bits per heavy atom. The molecule has 14 atom stereocenters. The fraction of sp³-hybridized carbons (Fsp3) is 0.955. The minimum absolute atomic E-state index is 0.0115. The molecule has 9 bridgehead atoms. The van der Waals surface area contributed by atoms with Gasteiger partial charge in [-0.2, -0.15) is 11.8 Å². The van der Waals surface area contributed by atoms with Crippen LogP contribution in [0.2, 0.25) is 0 Å². The third-order valence-electron chi connectivity index (χ3n) is 12.0. The molecule has 4 heteroatoms. The van der Waals surface area contributed by atoms with E-state index in [0.717, 1.165) is 24.2 Å². The Hall–Kier alpha value is -0.220. The molecule has 0 aromatic rings. The number of fused-ring (bicyclic) bond motifs is 1. The summed E-state index contributed by atoms with van der Waals surface area (Å²) in [4.78, 5) is 13.7. The maximum Gasteiger partial charge on any atom is 0.315 e. The van der Waals surface area contributed by atoms with Crippen LogP contribution in [0, 0.1) is 70.5 Å². The van der Waals surface area contributed by atoms with Crippen LogP contribution in [0.3, 0.4) is 0 Å². The van der Waals surface area contributed by atoms with Gasteiger partial charge in [0.1, 0.15) is 5.41 Å². The van der Waals surface area contributed by atoms with Crippen LogP contribution in [0.25, 0.3) is 0 Å². The lowest BCUT2D eigenvalue weighted by molar-refractivity contribution is -0.230. The van der Waals surface area contributed by atoms with E-state index >= 15 is 0 Å². The summed E-state index contributed by atoms with van der Waals surface area (Å²) in [5, 5.41) is 12.8.